The molecule has 0 saturated carbocycles. The normalized spacial score (nSPS) is 16.6. The summed E-state index contributed by atoms with van der Waals surface area (Å²) < 4.78 is 6.77. The molecule has 1 aliphatic rings. The number of amides is 2. The molecule has 0 aromatic carbocycles. The van der Waals surface area contributed by atoms with Crippen LogP contribution in [0, 0.1) is 0 Å². The summed E-state index contributed by atoms with van der Waals surface area (Å²) in [7, 11) is 1.66. The van der Waals surface area contributed by atoms with Crippen LogP contribution in [-0.2, 0) is 11.3 Å². The Balaban J connectivity index is 1.84. The van der Waals surface area contributed by atoms with Crippen LogP contribution >= 0.6 is 0 Å². The fraction of sp³-hybridized carbons (Fsp3) is 0.714. The third-order valence-corrected chi connectivity index (χ3v) is 3.55. The van der Waals surface area contributed by atoms with Gasteiger partial charge in [0.05, 0.1) is 25.0 Å². The van der Waals surface area contributed by atoms with Gasteiger partial charge in [-0.15, -0.1) is 0 Å². The van der Waals surface area contributed by atoms with E-state index >= 15 is 0 Å². The molecule has 0 unspecified atom stereocenters. The van der Waals surface area contributed by atoms with E-state index in [0.717, 1.165) is 31.6 Å². The van der Waals surface area contributed by atoms with Crippen molar-refractivity contribution in [3.63, 3.8) is 0 Å². The Kier molecular flexibility index (Phi) is 5.86. The van der Waals surface area contributed by atoms with Crippen LogP contribution in [0.4, 0.5) is 10.5 Å². The fourth-order valence-corrected chi connectivity index (χ4v) is 2.39. The summed E-state index contributed by atoms with van der Waals surface area (Å²) in [6, 6.07) is -0.0156. The van der Waals surface area contributed by atoms with Crippen LogP contribution < -0.4 is 5.32 Å². The quantitative estimate of drug-likeness (QED) is 0.921. The van der Waals surface area contributed by atoms with E-state index in [4.69, 9.17) is 4.74 Å². The average Bonchev–Trinajstić information content (AvgIpc) is 2.83. The standard InChI is InChI=1S/C14H24N4O2/c1-20-10-9-18-12-13(11-15-18)16-14(19)17-7-5-3-2-4-6-8-17/h11-12H,2-10H2,1H3,(H,16,19). The second-order valence-electron chi connectivity index (χ2n) is 5.17. The maximum absolute atomic E-state index is 12.2. The van der Waals surface area contributed by atoms with E-state index < -0.39 is 0 Å². The van der Waals surface area contributed by atoms with Crippen molar-refractivity contribution in [1.29, 1.82) is 0 Å². The number of nitrogens with one attached hydrogen (secondary N) is 1. The van der Waals surface area contributed by atoms with Gasteiger partial charge in [0.2, 0.25) is 0 Å². The lowest BCUT2D eigenvalue weighted by molar-refractivity contribution is 0.183. The van der Waals surface area contributed by atoms with Crippen molar-refractivity contribution in [1.82, 2.24) is 14.7 Å². The zero-order chi connectivity index (χ0) is 14.2. The van der Waals surface area contributed by atoms with Crippen molar-refractivity contribution >= 4 is 11.7 Å². The van der Waals surface area contributed by atoms with Crippen LogP contribution in [0.3, 0.4) is 0 Å². The average molecular weight is 280 g/mol. The van der Waals surface area contributed by atoms with Crippen molar-refractivity contribution < 1.29 is 9.53 Å². The summed E-state index contributed by atoms with van der Waals surface area (Å²) >= 11 is 0. The van der Waals surface area contributed by atoms with E-state index in [1.165, 1.54) is 19.3 Å². The van der Waals surface area contributed by atoms with Crippen molar-refractivity contribution in [2.24, 2.45) is 0 Å². The highest BCUT2D eigenvalue weighted by atomic mass is 16.5. The number of methoxy groups -OCH3 is 1. The van der Waals surface area contributed by atoms with Crippen LogP contribution in [0.5, 0.6) is 0 Å². The second kappa shape index (κ2) is 7.89. The Labute approximate surface area is 120 Å². The molecule has 6 heteroatoms. The molecule has 0 aliphatic carbocycles. The molecule has 2 rings (SSSR count). The van der Waals surface area contributed by atoms with Gasteiger partial charge in [0.1, 0.15) is 0 Å². The molecule has 0 radical (unpaired) electrons. The van der Waals surface area contributed by atoms with Crippen molar-refractivity contribution in [3.05, 3.63) is 12.4 Å². The number of carbonyl (C=O) groups excluding carboxylic acids is 1. The van der Waals surface area contributed by atoms with Gasteiger partial charge >= 0.3 is 6.03 Å². The Morgan fingerprint density at radius 2 is 2.00 bits per heavy atom. The van der Waals surface area contributed by atoms with E-state index in [1.54, 1.807) is 18.0 Å². The first-order chi connectivity index (χ1) is 9.79. The van der Waals surface area contributed by atoms with Crippen molar-refractivity contribution in [2.75, 3.05) is 32.1 Å². The number of hydrogen-bond donors (Lipinski definition) is 1. The van der Waals surface area contributed by atoms with Gasteiger partial charge in [-0.25, -0.2) is 4.79 Å². The van der Waals surface area contributed by atoms with E-state index in [0.29, 0.717) is 13.2 Å². The zero-order valence-corrected chi connectivity index (χ0v) is 12.2. The Morgan fingerprint density at radius 3 is 2.70 bits per heavy atom. The first-order valence-corrected chi connectivity index (χ1v) is 7.37. The molecule has 112 valence electrons. The SMILES string of the molecule is COCCn1cc(NC(=O)N2CCCCCCC2)cn1. The summed E-state index contributed by atoms with van der Waals surface area (Å²) in [5, 5.41) is 7.11. The molecule has 2 amide bonds. The van der Waals surface area contributed by atoms with Crippen LogP contribution in [0.1, 0.15) is 32.1 Å². The van der Waals surface area contributed by atoms with Gasteiger partial charge in [-0.1, -0.05) is 19.3 Å². The molecule has 20 heavy (non-hydrogen) atoms. The highest BCUT2D eigenvalue weighted by molar-refractivity contribution is 5.88. The number of urea groups is 1. The Hall–Kier alpha value is -1.56. The van der Waals surface area contributed by atoms with Gasteiger partial charge in [-0.3, -0.25) is 4.68 Å². The molecular formula is C14H24N4O2. The third kappa shape index (κ3) is 4.52. The number of hydrogen-bond acceptors (Lipinski definition) is 3. The summed E-state index contributed by atoms with van der Waals surface area (Å²) in [4.78, 5) is 14.1. The maximum Gasteiger partial charge on any atom is 0.321 e. The number of aromatic nitrogens is 2. The minimum absolute atomic E-state index is 0.0156. The molecule has 1 aliphatic heterocycles. The molecular weight excluding hydrogens is 256 g/mol. The number of ether oxygens (including phenoxy) is 1. The van der Waals surface area contributed by atoms with Gasteiger partial charge < -0.3 is 15.0 Å². The monoisotopic (exact) mass is 280 g/mol. The molecule has 1 N–H and O–H groups in total. The number of anilines is 1. The Morgan fingerprint density at radius 1 is 1.30 bits per heavy atom. The topological polar surface area (TPSA) is 59.4 Å². The number of nitrogens with zero attached hydrogens (tertiary/aromatic N) is 3. The molecule has 0 bridgehead atoms. The van der Waals surface area contributed by atoms with Crippen LogP contribution in [0.15, 0.2) is 12.4 Å². The van der Waals surface area contributed by atoms with Crippen LogP contribution in [0.2, 0.25) is 0 Å². The lowest BCUT2D eigenvalue weighted by atomic mass is 10.1. The lowest BCUT2D eigenvalue weighted by Crippen LogP contribution is -2.37. The predicted octanol–water partition coefficient (Wildman–Crippen LogP) is 2.33. The lowest BCUT2D eigenvalue weighted by Gasteiger charge is -2.24. The van der Waals surface area contributed by atoms with Gasteiger partial charge in [0, 0.05) is 26.4 Å². The largest absolute Gasteiger partial charge is 0.383 e. The first-order valence-electron chi connectivity index (χ1n) is 7.37. The number of carbonyl (C=O) groups is 1. The van der Waals surface area contributed by atoms with E-state index in [2.05, 4.69) is 10.4 Å². The molecule has 1 saturated heterocycles. The van der Waals surface area contributed by atoms with Gasteiger partial charge in [0.15, 0.2) is 0 Å². The van der Waals surface area contributed by atoms with Crippen LogP contribution in [-0.4, -0.2) is 47.5 Å². The summed E-state index contributed by atoms with van der Waals surface area (Å²) in [6.45, 7) is 3.00. The highest BCUT2D eigenvalue weighted by Crippen LogP contribution is 2.12. The second-order valence-corrected chi connectivity index (χ2v) is 5.17. The third-order valence-electron chi connectivity index (χ3n) is 3.55. The van der Waals surface area contributed by atoms with Gasteiger partial charge in [-0.2, -0.15) is 5.10 Å². The molecule has 1 aromatic heterocycles. The first kappa shape index (κ1) is 14.8. The van der Waals surface area contributed by atoms with Gasteiger partial charge in [-0.05, 0) is 12.8 Å². The number of rotatable bonds is 4. The molecule has 0 spiro atoms. The van der Waals surface area contributed by atoms with Crippen LogP contribution in [0.25, 0.3) is 0 Å². The molecule has 6 nitrogen and oxygen atoms in total. The smallest absolute Gasteiger partial charge is 0.321 e. The molecule has 2 heterocycles. The summed E-state index contributed by atoms with van der Waals surface area (Å²) in [5.41, 5.74) is 0.744. The maximum atomic E-state index is 12.2. The molecule has 0 atom stereocenters. The fourth-order valence-electron chi connectivity index (χ4n) is 2.39. The van der Waals surface area contributed by atoms with Crippen molar-refractivity contribution in [3.8, 4) is 0 Å². The van der Waals surface area contributed by atoms with E-state index in [-0.39, 0.29) is 6.03 Å². The predicted molar refractivity (Wildman–Crippen MR) is 77.8 cm³/mol. The van der Waals surface area contributed by atoms with Gasteiger partial charge in [0.25, 0.3) is 0 Å². The highest BCUT2D eigenvalue weighted by Gasteiger charge is 2.15. The number of likely N-dealkylation sites (tertiary alicyclic amines) is 1. The van der Waals surface area contributed by atoms with Crippen molar-refractivity contribution in [2.45, 2.75) is 38.6 Å². The summed E-state index contributed by atoms with van der Waals surface area (Å²) in [5.74, 6) is 0. The van der Waals surface area contributed by atoms with E-state index in [1.807, 2.05) is 11.1 Å². The molecule has 1 aromatic rings. The summed E-state index contributed by atoms with van der Waals surface area (Å²) in [6.07, 6.45) is 9.44. The minimum Gasteiger partial charge on any atom is -0.383 e. The van der Waals surface area contributed by atoms with E-state index in [9.17, 15) is 4.79 Å². The zero-order valence-electron chi connectivity index (χ0n) is 12.2. The minimum atomic E-state index is -0.0156. The Bertz CT molecular complexity index is 411. The molecule has 1 fully saturated rings.